The number of allylic oxidation sites excluding steroid dienone is 7. The van der Waals surface area contributed by atoms with E-state index in [2.05, 4.69) is 166 Å². The number of para-hydroxylation sites is 1. The van der Waals surface area contributed by atoms with Gasteiger partial charge in [-0.2, -0.15) is 0 Å². The molecule has 1 spiro atoms. The summed E-state index contributed by atoms with van der Waals surface area (Å²) in [5.41, 5.74) is 21.9. The first-order chi connectivity index (χ1) is 26.9. The lowest BCUT2D eigenvalue weighted by molar-refractivity contribution is 0.0658. The van der Waals surface area contributed by atoms with Crippen molar-refractivity contribution >= 4 is 33.9 Å². The van der Waals surface area contributed by atoms with Gasteiger partial charge in [0.05, 0.1) is 0 Å². The van der Waals surface area contributed by atoms with Crippen molar-refractivity contribution < 1.29 is 4.42 Å². The molecular weight excluding hydrogens is 667 g/mol. The van der Waals surface area contributed by atoms with Gasteiger partial charge in [0.15, 0.2) is 0 Å². The summed E-state index contributed by atoms with van der Waals surface area (Å²) in [7, 11) is 0. The van der Waals surface area contributed by atoms with Gasteiger partial charge in [-0.3, -0.25) is 0 Å². The Bertz CT molecular complexity index is 2850. The molecule has 0 aliphatic heterocycles. The highest BCUT2D eigenvalue weighted by Crippen LogP contribution is 2.77. The van der Waals surface area contributed by atoms with E-state index in [0.29, 0.717) is 5.92 Å². The highest BCUT2D eigenvalue weighted by Gasteiger charge is 2.72. The van der Waals surface area contributed by atoms with E-state index in [-0.39, 0.29) is 28.1 Å². The molecule has 0 saturated carbocycles. The van der Waals surface area contributed by atoms with Gasteiger partial charge >= 0.3 is 0 Å². The minimum absolute atomic E-state index is 0.161. The maximum absolute atomic E-state index is 7.13. The van der Waals surface area contributed by atoms with Gasteiger partial charge in [-0.25, -0.2) is 0 Å². The summed E-state index contributed by atoms with van der Waals surface area (Å²) in [5.74, 6) is 0.732. The molecule has 5 aliphatic rings. The second-order valence-electron chi connectivity index (χ2n) is 16.8. The molecule has 0 radical (unpaired) electrons. The number of hydrogen-bond donors (Lipinski definition) is 1. The molecule has 55 heavy (non-hydrogen) atoms. The maximum Gasteiger partial charge on any atom is 0.139 e. The van der Waals surface area contributed by atoms with Gasteiger partial charge in [0, 0.05) is 50.0 Å². The first-order valence-electron chi connectivity index (χ1n) is 20.0. The second-order valence-corrected chi connectivity index (χ2v) is 16.8. The summed E-state index contributed by atoms with van der Waals surface area (Å²) in [6.07, 6.45) is 18.7. The molecular formula is C53H45NO. The smallest absolute Gasteiger partial charge is 0.139 e. The molecule has 1 heterocycles. The van der Waals surface area contributed by atoms with Crippen LogP contribution in [0.5, 0.6) is 0 Å². The quantitative estimate of drug-likeness (QED) is 0.186. The van der Waals surface area contributed by atoms with Crippen molar-refractivity contribution in [2.24, 2.45) is 22.5 Å². The Morgan fingerprint density at radius 1 is 0.764 bits per heavy atom. The normalized spacial score (nSPS) is 28.4. The Kier molecular flexibility index (Phi) is 6.85. The average Bonchev–Trinajstić information content (AvgIpc) is 3.62. The zero-order chi connectivity index (χ0) is 37.1. The molecule has 268 valence electrons. The SMILES string of the molecule is C/C=C(\C=C(/N)c1ccccc1)c1ccc2c(c1)C1=c3oc4ccccc4c3=CC3(C)C1C(CC2)c1ccccc1C31c2ccccc2C2C=CC=CC21C. The highest BCUT2D eigenvalue weighted by molar-refractivity contribution is 5.89. The van der Waals surface area contributed by atoms with Crippen molar-refractivity contribution in [2.75, 3.05) is 0 Å². The first kappa shape index (κ1) is 32.6. The van der Waals surface area contributed by atoms with E-state index in [4.69, 9.17) is 10.2 Å². The molecule has 2 heteroatoms. The van der Waals surface area contributed by atoms with E-state index < -0.39 is 0 Å². The van der Waals surface area contributed by atoms with E-state index in [1.54, 1.807) is 0 Å². The lowest BCUT2D eigenvalue weighted by Crippen LogP contribution is -2.62. The van der Waals surface area contributed by atoms with Crippen LogP contribution in [0.1, 0.15) is 83.5 Å². The van der Waals surface area contributed by atoms with Crippen molar-refractivity contribution in [3.8, 4) is 0 Å². The van der Waals surface area contributed by atoms with Gasteiger partial charge < -0.3 is 10.2 Å². The third kappa shape index (κ3) is 4.10. The molecule has 11 rings (SSSR count). The van der Waals surface area contributed by atoms with Gasteiger partial charge in [-0.05, 0) is 94.0 Å². The molecule has 0 bridgehead atoms. The average molecular weight is 712 g/mol. The molecule has 6 atom stereocenters. The molecule has 0 amide bonds. The molecule has 5 aromatic carbocycles. The maximum atomic E-state index is 7.13. The Hall–Kier alpha value is -5.86. The van der Waals surface area contributed by atoms with Crippen LogP contribution in [-0.2, 0) is 11.8 Å². The van der Waals surface area contributed by atoms with Crippen molar-refractivity contribution in [1.29, 1.82) is 0 Å². The monoisotopic (exact) mass is 711 g/mol. The van der Waals surface area contributed by atoms with Gasteiger partial charge in [-0.1, -0.05) is 159 Å². The Labute approximate surface area is 323 Å². The predicted octanol–water partition coefficient (Wildman–Crippen LogP) is 10.7. The summed E-state index contributed by atoms with van der Waals surface area (Å²) < 4.78 is 7.13. The lowest BCUT2D eigenvalue weighted by atomic mass is 9.38. The van der Waals surface area contributed by atoms with E-state index in [9.17, 15) is 0 Å². The van der Waals surface area contributed by atoms with E-state index >= 15 is 0 Å². The standard InChI is InChI=1S/C53H45NO/c1-4-33(31-46(54)35-16-6-5-7-17-35)36-26-25-34-27-28-39-37-18-8-11-22-44(37)53(45-23-12-9-20-40(45)43-21-14-15-29-51(43,53)2)52(3)32-42-38-19-10-13-24-47(38)55-50(42)48(49(39)52)41(34)30-36/h4-26,29-32,39,43,49H,27-28,54H2,1-3H3/b33-4+,46-31-. The molecule has 0 saturated heterocycles. The molecule has 2 nitrogen and oxygen atoms in total. The van der Waals surface area contributed by atoms with Crippen LogP contribution in [0.2, 0.25) is 0 Å². The van der Waals surface area contributed by atoms with Crippen molar-refractivity contribution in [3.05, 3.63) is 213 Å². The minimum Gasteiger partial charge on any atom is -0.456 e. The summed E-state index contributed by atoms with van der Waals surface area (Å²) in [6.45, 7) is 7.30. The van der Waals surface area contributed by atoms with Crippen molar-refractivity contribution in [3.63, 3.8) is 0 Å². The second kappa shape index (κ2) is 11.6. The van der Waals surface area contributed by atoms with Crippen molar-refractivity contribution in [1.82, 2.24) is 0 Å². The Balaban J connectivity index is 1.25. The van der Waals surface area contributed by atoms with Crippen LogP contribution < -0.4 is 16.4 Å². The van der Waals surface area contributed by atoms with E-state index in [1.807, 2.05) is 18.2 Å². The Morgan fingerprint density at radius 3 is 2.31 bits per heavy atom. The fraction of sp³-hybridized carbons (Fsp3) is 0.208. The topological polar surface area (TPSA) is 39.2 Å². The van der Waals surface area contributed by atoms with E-state index in [0.717, 1.165) is 40.7 Å². The fourth-order valence-electron chi connectivity index (χ4n) is 12.4. The van der Waals surface area contributed by atoms with Crippen LogP contribution >= 0.6 is 0 Å². The molecule has 0 fully saturated rings. The van der Waals surface area contributed by atoms with Crippen LogP contribution in [0.25, 0.3) is 33.9 Å². The summed E-state index contributed by atoms with van der Waals surface area (Å²) in [5, 5.41) is 2.43. The van der Waals surface area contributed by atoms with Gasteiger partial charge in [0.2, 0.25) is 0 Å². The molecule has 6 unspecified atom stereocenters. The van der Waals surface area contributed by atoms with Gasteiger partial charge in [0.1, 0.15) is 11.0 Å². The van der Waals surface area contributed by atoms with Crippen LogP contribution in [-0.4, -0.2) is 0 Å². The van der Waals surface area contributed by atoms with Gasteiger partial charge in [0.25, 0.3) is 0 Å². The van der Waals surface area contributed by atoms with Crippen molar-refractivity contribution in [2.45, 2.75) is 50.9 Å². The zero-order valence-electron chi connectivity index (χ0n) is 31.7. The van der Waals surface area contributed by atoms with Gasteiger partial charge in [-0.15, -0.1) is 0 Å². The molecule has 2 N–H and O–H groups in total. The van der Waals surface area contributed by atoms with Crippen LogP contribution in [0.4, 0.5) is 0 Å². The summed E-state index contributed by atoms with van der Waals surface area (Å²) in [6, 6.07) is 45.0. The highest BCUT2D eigenvalue weighted by atomic mass is 16.3. The number of rotatable bonds is 3. The van der Waals surface area contributed by atoms with Crippen LogP contribution in [0.15, 0.2) is 162 Å². The number of furan rings is 1. The minimum atomic E-state index is -0.356. The number of benzene rings is 5. The molecule has 5 aliphatic carbocycles. The third-order valence-electron chi connectivity index (χ3n) is 14.5. The number of nitrogens with two attached hydrogens (primary N) is 1. The first-order valence-corrected chi connectivity index (χ1v) is 20.0. The lowest BCUT2D eigenvalue weighted by Gasteiger charge is -2.63. The van der Waals surface area contributed by atoms with Crippen LogP contribution in [0.3, 0.4) is 0 Å². The largest absolute Gasteiger partial charge is 0.456 e. The summed E-state index contributed by atoms with van der Waals surface area (Å²) >= 11 is 0. The number of fused-ring (bicyclic) bond motifs is 14. The van der Waals surface area contributed by atoms with E-state index in [1.165, 1.54) is 55.1 Å². The third-order valence-corrected chi connectivity index (χ3v) is 14.5. The zero-order valence-corrected chi connectivity index (χ0v) is 31.7. The Morgan fingerprint density at radius 2 is 1.49 bits per heavy atom. The summed E-state index contributed by atoms with van der Waals surface area (Å²) in [4.78, 5) is 0. The number of aryl methyl sites for hydroxylation is 1. The predicted molar refractivity (Wildman–Crippen MR) is 227 cm³/mol. The molecule has 6 aromatic rings. The number of hydrogen-bond acceptors (Lipinski definition) is 2. The molecule has 1 aromatic heterocycles. The fourth-order valence-corrected chi connectivity index (χ4v) is 12.4. The van der Waals surface area contributed by atoms with Crippen LogP contribution in [0, 0.1) is 16.7 Å².